The van der Waals surface area contributed by atoms with Crippen molar-refractivity contribution in [3.05, 3.63) is 67.6 Å². The van der Waals surface area contributed by atoms with Gasteiger partial charge in [-0.2, -0.15) is 0 Å². The first-order valence-electron chi connectivity index (χ1n) is 6.40. The van der Waals surface area contributed by atoms with Gasteiger partial charge < -0.3 is 9.97 Å². The first kappa shape index (κ1) is 15.5. The van der Waals surface area contributed by atoms with Gasteiger partial charge in [0.1, 0.15) is 0 Å². The van der Waals surface area contributed by atoms with E-state index in [0.29, 0.717) is 15.7 Å². The van der Waals surface area contributed by atoms with Crippen molar-refractivity contribution in [3.8, 4) is 0 Å². The third-order valence-corrected chi connectivity index (χ3v) is 5.18. The minimum Gasteiger partial charge on any atom is -0.316 e. The van der Waals surface area contributed by atoms with Crippen LogP contribution in [0.5, 0.6) is 0 Å². The summed E-state index contributed by atoms with van der Waals surface area (Å²) in [6.07, 6.45) is 0. The molecule has 0 aliphatic heterocycles. The van der Waals surface area contributed by atoms with Crippen LogP contribution >= 0.6 is 15.9 Å². The van der Waals surface area contributed by atoms with Crippen molar-refractivity contribution in [2.45, 2.75) is 4.90 Å². The fraction of sp³-hybridized carbons (Fsp3) is 0. The molecule has 1 aromatic heterocycles. The van der Waals surface area contributed by atoms with Crippen molar-refractivity contribution in [1.82, 2.24) is 9.97 Å². The summed E-state index contributed by atoms with van der Waals surface area (Å²) in [5.74, 6) is 0. The normalized spacial score (nSPS) is 11.5. The summed E-state index contributed by atoms with van der Waals surface area (Å²) >= 11 is 3.26. The standard InChI is InChI=1S/C14H10BrN3O4S/c15-9-3-1-2-4-10(9)18-23(21,22)8-5-6-11-12(7-8)17-14(20)13(19)16-11/h1-7,18H,(H,16,19)(H,17,20). The van der Waals surface area contributed by atoms with Crippen molar-refractivity contribution in [1.29, 1.82) is 0 Å². The molecule has 0 saturated heterocycles. The molecule has 1 heterocycles. The van der Waals surface area contributed by atoms with Gasteiger partial charge in [0.25, 0.3) is 10.0 Å². The number of sulfonamides is 1. The molecule has 118 valence electrons. The Kier molecular flexibility index (Phi) is 3.82. The van der Waals surface area contributed by atoms with Gasteiger partial charge in [-0.15, -0.1) is 0 Å². The molecule has 3 aromatic rings. The molecule has 0 radical (unpaired) electrons. The van der Waals surface area contributed by atoms with Crippen LogP contribution in [0.1, 0.15) is 0 Å². The molecule has 3 rings (SSSR count). The van der Waals surface area contributed by atoms with Gasteiger partial charge in [0.05, 0.1) is 21.6 Å². The molecule has 0 amide bonds. The van der Waals surface area contributed by atoms with Crippen LogP contribution in [0, 0.1) is 0 Å². The Bertz CT molecular complexity index is 1120. The van der Waals surface area contributed by atoms with E-state index >= 15 is 0 Å². The van der Waals surface area contributed by atoms with Crippen LogP contribution in [-0.4, -0.2) is 18.4 Å². The Hall–Kier alpha value is -2.39. The number of para-hydroxylation sites is 1. The molecule has 0 saturated carbocycles. The van der Waals surface area contributed by atoms with E-state index < -0.39 is 21.1 Å². The molecule has 0 atom stereocenters. The largest absolute Gasteiger partial charge is 0.316 e. The van der Waals surface area contributed by atoms with Gasteiger partial charge in [-0.1, -0.05) is 12.1 Å². The predicted molar refractivity (Wildman–Crippen MR) is 90.1 cm³/mol. The molecular formula is C14H10BrN3O4S. The van der Waals surface area contributed by atoms with E-state index in [1.807, 2.05) is 0 Å². The zero-order valence-corrected chi connectivity index (χ0v) is 13.9. The molecule has 0 unspecified atom stereocenters. The van der Waals surface area contributed by atoms with Gasteiger partial charge >= 0.3 is 11.1 Å². The van der Waals surface area contributed by atoms with Crippen LogP contribution in [-0.2, 0) is 10.0 Å². The molecule has 2 aromatic carbocycles. The number of benzene rings is 2. The van der Waals surface area contributed by atoms with Gasteiger partial charge in [0.2, 0.25) is 0 Å². The fourth-order valence-electron chi connectivity index (χ4n) is 2.01. The molecule has 7 nitrogen and oxygen atoms in total. The molecule has 9 heteroatoms. The number of rotatable bonds is 3. The first-order valence-corrected chi connectivity index (χ1v) is 8.68. The number of fused-ring (bicyclic) bond motifs is 1. The summed E-state index contributed by atoms with van der Waals surface area (Å²) in [5.41, 5.74) is -0.674. The molecular weight excluding hydrogens is 386 g/mol. The maximum atomic E-state index is 12.5. The Labute approximate surface area is 138 Å². The van der Waals surface area contributed by atoms with Crippen molar-refractivity contribution < 1.29 is 8.42 Å². The quantitative estimate of drug-likeness (QED) is 0.586. The predicted octanol–water partition coefficient (Wildman–Crippen LogP) is 1.78. The SMILES string of the molecule is O=c1[nH]c2ccc(S(=O)(=O)Nc3ccccc3Br)cc2[nH]c1=O. The minimum absolute atomic E-state index is 0.0385. The maximum absolute atomic E-state index is 12.5. The van der Waals surface area contributed by atoms with Crippen LogP contribution in [0.3, 0.4) is 0 Å². The highest BCUT2D eigenvalue weighted by Crippen LogP contribution is 2.25. The maximum Gasteiger partial charge on any atom is 0.314 e. The lowest BCUT2D eigenvalue weighted by Crippen LogP contribution is -2.29. The van der Waals surface area contributed by atoms with Crippen molar-refractivity contribution >= 4 is 42.7 Å². The zero-order valence-electron chi connectivity index (χ0n) is 11.5. The number of halogens is 1. The van der Waals surface area contributed by atoms with E-state index in [9.17, 15) is 18.0 Å². The highest BCUT2D eigenvalue weighted by Gasteiger charge is 2.16. The lowest BCUT2D eigenvalue weighted by molar-refractivity contribution is 0.601. The third kappa shape index (κ3) is 3.06. The molecule has 0 fully saturated rings. The summed E-state index contributed by atoms with van der Waals surface area (Å²) in [7, 11) is -3.84. The van der Waals surface area contributed by atoms with Crippen LogP contribution in [0.2, 0.25) is 0 Å². The minimum atomic E-state index is -3.84. The van der Waals surface area contributed by atoms with Crippen molar-refractivity contribution in [2.24, 2.45) is 0 Å². The monoisotopic (exact) mass is 395 g/mol. The van der Waals surface area contributed by atoms with Gasteiger partial charge in [-0.25, -0.2) is 8.42 Å². The number of aromatic amines is 2. The summed E-state index contributed by atoms with van der Waals surface area (Å²) in [4.78, 5) is 27.3. The van der Waals surface area contributed by atoms with E-state index in [2.05, 4.69) is 30.6 Å². The van der Waals surface area contributed by atoms with Gasteiger partial charge in [0.15, 0.2) is 0 Å². The smallest absolute Gasteiger partial charge is 0.314 e. The Morgan fingerprint density at radius 1 is 0.913 bits per heavy atom. The van der Waals surface area contributed by atoms with Crippen molar-refractivity contribution in [3.63, 3.8) is 0 Å². The molecule has 0 aliphatic rings. The number of H-pyrrole nitrogens is 2. The second kappa shape index (κ2) is 5.67. The molecule has 0 aliphatic carbocycles. The number of hydrogen-bond acceptors (Lipinski definition) is 4. The van der Waals surface area contributed by atoms with E-state index in [0.717, 1.165) is 0 Å². The molecule has 3 N–H and O–H groups in total. The van der Waals surface area contributed by atoms with Gasteiger partial charge in [-0.3, -0.25) is 14.3 Å². The zero-order chi connectivity index (χ0) is 16.6. The van der Waals surface area contributed by atoms with E-state index in [4.69, 9.17) is 0 Å². The van der Waals surface area contributed by atoms with Crippen LogP contribution in [0.25, 0.3) is 11.0 Å². The average Bonchev–Trinajstić information content (AvgIpc) is 2.50. The van der Waals surface area contributed by atoms with Crippen LogP contribution < -0.4 is 15.8 Å². The summed E-state index contributed by atoms with van der Waals surface area (Å²) in [6, 6.07) is 10.8. The van der Waals surface area contributed by atoms with E-state index in [1.54, 1.807) is 24.3 Å². The summed E-state index contributed by atoms with van der Waals surface area (Å²) in [6.45, 7) is 0. The Morgan fingerprint density at radius 3 is 2.26 bits per heavy atom. The number of nitrogens with one attached hydrogen (secondary N) is 3. The van der Waals surface area contributed by atoms with Crippen molar-refractivity contribution in [2.75, 3.05) is 4.72 Å². The summed E-state index contributed by atoms with van der Waals surface area (Å²) in [5, 5.41) is 0. The third-order valence-electron chi connectivity index (χ3n) is 3.12. The highest BCUT2D eigenvalue weighted by atomic mass is 79.9. The van der Waals surface area contributed by atoms with Crippen LogP contribution in [0.4, 0.5) is 5.69 Å². The van der Waals surface area contributed by atoms with E-state index in [1.165, 1.54) is 18.2 Å². The molecule has 0 spiro atoms. The highest BCUT2D eigenvalue weighted by molar-refractivity contribution is 9.10. The van der Waals surface area contributed by atoms with Gasteiger partial charge in [0, 0.05) is 4.47 Å². The van der Waals surface area contributed by atoms with Crippen LogP contribution in [0.15, 0.2) is 61.4 Å². The Balaban J connectivity index is 2.08. The lowest BCUT2D eigenvalue weighted by Gasteiger charge is -2.10. The Morgan fingerprint density at radius 2 is 1.57 bits per heavy atom. The topological polar surface area (TPSA) is 112 Å². The first-order chi connectivity index (χ1) is 10.9. The lowest BCUT2D eigenvalue weighted by atomic mass is 10.3. The number of hydrogen-bond donors (Lipinski definition) is 3. The van der Waals surface area contributed by atoms with E-state index in [-0.39, 0.29) is 10.4 Å². The fourth-order valence-corrected chi connectivity index (χ4v) is 3.63. The molecule has 0 bridgehead atoms. The average molecular weight is 396 g/mol. The molecule has 23 heavy (non-hydrogen) atoms. The number of anilines is 1. The van der Waals surface area contributed by atoms with Gasteiger partial charge in [-0.05, 0) is 46.3 Å². The summed E-state index contributed by atoms with van der Waals surface area (Å²) < 4.78 is 28.0. The number of aromatic nitrogens is 2. The second-order valence-corrected chi connectivity index (χ2v) is 7.24. The second-order valence-electron chi connectivity index (χ2n) is 4.70.